The molecule has 0 radical (unpaired) electrons. The van der Waals surface area contributed by atoms with Crippen molar-refractivity contribution in [3.8, 4) is 57.7 Å². The van der Waals surface area contributed by atoms with Crippen LogP contribution in [0.5, 0.6) is 0 Å². The first-order chi connectivity index (χ1) is 68.3. The lowest BCUT2D eigenvalue weighted by Crippen LogP contribution is -2.29. The van der Waals surface area contributed by atoms with Gasteiger partial charge in [-0.1, -0.05) is 103 Å². The first-order valence-corrected chi connectivity index (χ1v) is 45.8. The van der Waals surface area contributed by atoms with E-state index < -0.39 is 94.7 Å². The molecule has 0 aliphatic heterocycles. The number of carboxylic acid groups (broad SMARTS) is 1. The zero-order valence-electron chi connectivity index (χ0n) is 78.5. The number of fused-ring (bicyclic) bond motifs is 2. The van der Waals surface area contributed by atoms with Gasteiger partial charge in [0.05, 0.1) is 94.7 Å². The van der Waals surface area contributed by atoms with Crippen LogP contribution in [-0.4, -0.2) is 86.2 Å². The molecule has 0 aliphatic rings. The summed E-state index contributed by atoms with van der Waals surface area (Å²) in [5.74, 6) is -8.20. The van der Waals surface area contributed by atoms with Crippen LogP contribution in [0.2, 0.25) is 0 Å². The van der Waals surface area contributed by atoms with Gasteiger partial charge in [0.2, 0.25) is 0 Å². The highest BCUT2D eigenvalue weighted by Gasteiger charge is 2.30. The molecule has 143 heavy (non-hydrogen) atoms. The van der Waals surface area contributed by atoms with Gasteiger partial charge in [0.25, 0.3) is 0 Å². The van der Waals surface area contributed by atoms with Gasteiger partial charge < -0.3 is 39.5 Å². The van der Waals surface area contributed by atoms with Crippen molar-refractivity contribution in [1.82, 2.24) is 29.1 Å². The van der Waals surface area contributed by atoms with E-state index in [0.29, 0.717) is 72.7 Å². The second-order valence-electron chi connectivity index (χ2n) is 35.2. The molecule has 6 aromatic heterocycles. The van der Waals surface area contributed by atoms with Crippen molar-refractivity contribution in [3.05, 3.63) is 435 Å². The van der Waals surface area contributed by atoms with Crippen molar-refractivity contribution >= 4 is 74.0 Å². The minimum absolute atomic E-state index is 0.0165. The lowest BCUT2D eigenvalue weighted by Gasteiger charge is -2.23. The number of ketones is 1. The molecule has 16 aromatic rings. The lowest BCUT2D eigenvalue weighted by molar-refractivity contribution is -0.156. The minimum atomic E-state index is -1.50. The standard InChI is InChI=1S/C31H23F2N3O.C26H24F2N2O2.C20H15F2N3.C19H20BrF2NO2.C10H9NO2.C7H6BNO2/c32-26-15-22(16-27(33)18-26)14-25(17-28(37)20-36-12-10-23-6-1-2-9-30(23)36)31-29(8-4-11-35-31)24-7-3-5-21(13-24)19-34;1-26(2,3)32-24(31)14-20(11-18-12-21(27)15-22(28)13-18)25-23(8-5-9-30-25)19-7-4-6-17(10-19)16-29;21-16-8-14(9-17(22)11-16)10-19(24)20-18(5-2-6-25-20)15-4-1-3-13(7-15)12-23;1-19(2,3)25-17(24)10-13(18-16(20)5-4-6-23-18)7-12-8-14(21)11-15(22)9-12;12-10(13)7-11-6-5-8-3-1-2-4-9(8)11;9-5-6-2-1-3-7(4-6)8(10)11/h1-13,15-16,18,25H,14,17,20H2;4-10,12-13,15,20H,11,14H2,1-3H3;1-9,11,19H,10,24H2;4-6,8-9,11,13H,7,10H2,1-3H3;1-6H,7H2,(H,12,13);1-4,10-11H/t25-;20-;19-;13-;;/m1101../s1. The number of para-hydroxylation sites is 2. The first-order valence-electron chi connectivity index (χ1n) is 45.0. The van der Waals surface area contributed by atoms with Gasteiger partial charge in [0, 0.05) is 118 Å². The predicted molar refractivity (Wildman–Crippen MR) is 534 cm³/mol. The van der Waals surface area contributed by atoms with Gasteiger partial charge in [0.15, 0.2) is 5.78 Å². The van der Waals surface area contributed by atoms with Crippen molar-refractivity contribution in [2.75, 3.05) is 0 Å². The third-order valence-electron chi connectivity index (χ3n) is 21.8. The van der Waals surface area contributed by atoms with Crippen LogP contribution >= 0.6 is 15.9 Å². The number of hydrogen-bond acceptors (Lipinski definition) is 17. The Morgan fingerprint density at radius 2 is 0.706 bits per heavy atom. The number of aliphatic carboxylic acids is 1. The number of esters is 2. The number of rotatable bonds is 26. The largest absolute Gasteiger partial charge is 0.488 e. The molecule has 4 atom stereocenters. The molecule has 5 N–H and O–H groups in total. The quantitative estimate of drug-likeness (QED) is 0.0222. The van der Waals surface area contributed by atoms with Crippen LogP contribution < -0.4 is 11.2 Å². The van der Waals surface area contributed by atoms with Crippen LogP contribution in [0.3, 0.4) is 0 Å². The van der Waals surface area contributed by atoms with Crippen LogP contribution in [0.25, 0.3) is 55.2 Å². The van der Waals surface area contributed by atoms with E-state index in [2.05, 4.69) is 54.1 Å². The molecule has 30 heteroatoms. The molecule has 6 heterocycles. The van der Waals surface area contributed by atoms with E-state index in [1.54, 1.807) is 174 Å². The van der Waals surface area contributed by atoms with E-state index in [9.17, 15) is 64.8 Å². The third-order valence-corrected chi connectivity index (χ3v) is 22.5. The first kappa shape index (κ1) is 107. The zero-order valence-corrected chi connectivity index (χ0v) is 80.1. The topological polar surface area (TPSA) is 330 Å². The number of halogens is 9. The highest BCUT2D eigenvalue weighted by molar-refractivity contribution is 9.10. The fraction of sp³-hybridized carbons (Fsp3) is 0.186. The zero-order chi connectivity index (χ0) is 103. The maximum absolute atomic E-state index is 14.0. The van der Waals surface area contributed by atoms with Crippen LogP contribution in [0.15, 0.2) is 321 Å². The summed E-state index contributed by atoms with van der Waals surface area (Å²) in [7, 11) is -1.50. The van der Waals surface area contributed by atoms with Gasteiger partial charge in [-0.15, -0.1) is 0 Å². The van der Waals surface area contributed by atoms with Gasteiger partial charge in [-0.2, -0.15) is 21.0 Å². The molecule has 0 bridgehead atoms. The second-order valence-corrected chi connectivity index (χ2v) is 36.1. The molecule has 10 aromatic carbocycles. The van der Waals surface area contributed by atoms with Crippen molar-refractivity contribution in [3.63, 3.8) is 0 Å². The van der Waals surface area contributed by atoms with E-state index in [1.807, 2.05) is 120 Å². The monoisotopic (exact) mass is 1990 g/mol. The number of nitrogens with zero attached hydrogens (tertiary/aromatic N) is 10. The fourth-order valence-corrected chi connectivity index (χ4v) is 16.6. The summed E-state index contributed by atoms with van der Waals surface area (Å²) < 4.78 is 125. The molecule has 724 valence electrons. The number of nitrogens with two attached hydrogens (primary N) is 1. The van der Waals surface area contributed by atoms with Gasteiger partial charge in [-0.25, -0.2) is 35.1 Å². The fourth-order valence-electron chi connectivity index (χ4n) is 16.0. The Morgan fingerprint density at radius 1 is 0.385 bits per heavy atom. The Labute approximate surface area is 830 Å². The number of pyridine rings is 4. The second kappa shape index (κ2) is 51.1. The maximum atomic E-state index is 14.0. The molecular formula is C113H97BBrF8N11O9. The van der Waals surface area contributed by atoms with Crippen molar-refractivity contribution in [2.45, 2.75) is 135 Å². The summed E-state index contributed by atoms with van der Waals surface area (Å²) in [5.41, 5.74) is 18.2. The van der Waals surface area contributed by atoms with Gasteiger partial charge >= 0.3 is 25.0 Å². The van der Waals surface area contributed by atoms with E-state index in [0.717, 1.165) is 83.9 Å². The number of benzene rings is 10. The smallest absolute Gasteiger partial charge is 0.480 e. The summed E-state index contributed by atoms with van der Waals surface area (Å²) in [6, 6.07) is 82.7. The van der Waals surface area contributed by atoms with Gasteiger partial charge in [-0.3, -0.25) is 39.1 Å². The number of ether oxygens (including phenoxy) is 2. The van der Waals surface area contributed by atoms with Crippen LogP contribution in [0.1, 0.15) is 152 Å². The average Bonchev–Trinajstić information content (AvgIpc) is 1.57. The number of carbonyl (C=O) groups excluding carboxylic acids is 3. The maximum Gasteiger partial charge on any atom is 0.488 e. The van der Waals surface area contributed by atoms with Crippen molar-refractivity contribution in [2.24, 2.45) is 5.73 Å². The molecule has 0 saturated heterocycles. The normalized spacial score (nSPS) is 11.7. The van der Waals surface area contributed by atoms with Crippen molar-refractivity contribution < 1.29 is 78.9 Å². The number of carboxylic acids is 1. The highest BCUT2D eigenvalue weighted by atomic mass is 79.9. The Bertz CT molecular complexity index is 7290. The summed E-state index contributed by atoms with van der Waals surface area (Å²) in [5, 5.41) is 64.3. The molecule has 16 rings (SSSR count). The van der Waals surface area contributed by atoms with E-state index in [4.69, 9.17) is 40.9 Å². The van der Waals surface area contributed by atoms with Crippen molar-refractivity contribution in [1.29, 1.82) is 21.0 Å². The number of Topliss-reactive ketones (excluding diaryl/α,β-unsaturated/α-hetero) is 1. The minimum Gasteiger partial charge on any atom is -0.480 e. The van der Waals surface area contributed by atoms with E-state index in [-0.39, 0.29) is 75.7 Å². The highest BCUT2D eigenvalue weighted by Crippen LogP contribution is 2.38. The number of nitriles is 4. The lowest BCUT2D eigenvalue weighted by atomic mass is 9.80. The SMILES string of the molecule is CC(C)(C)OC(=O)C[C@@H](Cc1cc(F)cc(F)c1)c1ncccc1-c1cccc(C#N)c1.CC(C)(C)OC(=O)C[C@@H](Cc1cc(F)cc(F)c1)c1ncccc1Br.N#Cc1cccc(-c2cccnc2[C@@H](CC(=O)Cn2ccc3ccccc32)Cc2cc(F)cc(F)c2)c1.N#Cc1cccc(-c2cccnc2[C@@H](N)Cc2cc(F)cc(F)c2)c1.N#Cc1cccc(B(O)O)c1.O=C(O)Cn1ccc2ccccc21. The Hall–Kier alpha value is -16.2. The summed E-state index contributed by atoms with van der Waals surface area (Å²) in [4.78, 5) is 66.6. The Kier molecular flexibility index (Phi) is 38.3. The predicted octanol–water partition coefficient (Wildman–Crippen LogP) is 23.1. The molecule has 0 saturated carbocycles. The summed E-state index contributed by atoms with van der Waals surface area (Å²) in [6.45, 7) is 10.9. The van der Waals surface area contributed by atoms with Gasteiger partial charge in [0.1, 0.15) is 64.3 Å². The molecule has 20 nitrogen and oxygen atoms in total. The van der Waals surface area contributed by atoms with Crippen LogP contribution in [-0.2, 0) is 67.4 Å². The molecule has 0 amide bonds. The molecule has 0 unspecified atom stereocenters. The Balaban J connectivity index is 0.000000170. The molecule has 0 fully saturated rings. The third kappa shape index (κ3) is 33.0. The number of aromatic nitrogens is 6. The van der Waals surface area contributed by atoms with E-state index in [1.165, 1.54) is 54.6 Å². The molecule has 0 spiro atoms. The van der Waals surface area contributed by atoms with Gasteiger partial charge in [-0.05, 0) is 290 Å². The van der Waals surface area contributed by atoms with E-state index >= 15 is 0 Å². The Morgan fingerprint density at radius 3 is 1.07 bits per heavy atom. The number of carbonyl (C=O) groups is 4. The van der Waals surface area contributed by atoms with Crippen LogP contribution in [0, 0.1) is 91.9 Å². The molecular weight excluding hydrogens is 1900 g/mol. The summed E-state index contributed by atoms with van der Waals surface area (Å²) >= 11 is 3.43. The molecule has 0 aliphatic carbocycles. The summed E-state index contributed by atoms with van der Waals surface area (Å²) in [6.07, 6.45) is 11.3. The average molecular weight is 2000 g/mol. The van der Waals surface area contributed by atoms with Crippen LogP contribution in [0.4, 0.5) is 35.1 Å². The number of hydrogen-bond donors (Lipinski definition) is 4.